The lowest BCUT2D eigenvalue weighted by Gasteiger charge is -2.26. The van der Waals surface area contributed by atoms with Crippen LogP contribution in [0, 0.1) is 6.92 Å². The number of carbonyl (C=O) groups is 1. The first-order valence-electron chi connectivity index (χ1n) is 15.1. The van der Waals surface area contributed by atoms with Crippen LogP contribution in [0.25, 0.3) is 17.0 Å². The molecule has 0 spiro atoms. The fraction of sp³-hybridized carbons (Fsp3) is 0.250. The highest BCUT2D eigenvalue weighted by molar-refractivity contribution is 9.10. The van der Waals surface area contributed by atoms with Crippen molar-refractivity contribution in [3.05, 3.63) is 130 Å². The van der Waals surface area contributed by atoms with Gasteiger partial charge in [-0.2, -0.15) is 0 Å². The smallest absolute Gasteiger partial charge is 0.338 e. The number of allylic oxidation sites excluding steroid dienone is 1. The number of hydrogen-bond donors (Lipinski definition) is 0. The third-order valence-corrected chi connectivity index (χ3v) is 10.0. The average molecular weight is 719 g/mol. The van der Waals surface area contributed by atoms with Crippen molar-refractivity contribution >= 4 is 61.8 Å². The summed E-state index contributed by atoms with van der Waals surface area (Å²) in [6, 6.07) is 21.0. The summed E-state index contributed by atoms with van der Waals surface area (Å²) in [6.45, 7) is 6.77. The Balaban J connectivity index is 1.57. The molecule has 2 aromatic heterocycles. The van der Waals surface area contributed by atoms with Crippen molar-refractivity contribution in [2.45, 2.75) is 46.2 Å². The van der Waals surface area contributed by atoms with E-state index in [9.17, 15) is 9.59 Å². The molecule has 10 heteroatoms. The van der Waals surface area contributed by atoms with Crippen LogP contribution in [-0.2, 0) is 16.1 Å². The molecule has 5 aromatic rings. The van der Waals surface area contributed by atoms with E-state index < -0.39 is 12.0 Å². The second kappa shape index (κ2) is 13.4. The molecule has 1 aliphatic rings. The van der Waals surface area contributed by atoms with E-state index in [2.05, 4.69) is 39.6 Å². The molecule has 7 nitrogen and oxygen atoms in total. The van der Waals surface area contributed by atoms with Gasteiger partial charge in [0.05, 0.1) is 40.0 Å². The number of halogens is 2. The topological polar surface area (TPSA) is 74.8 Å². The van der Waals surface area contributed by atoms with Gasteiger partial charge in [0.2, 0.25) is 0 Å². The van der Waals surface area contributed by atoms with E-state index in [0.29, 0.717) is 44.3 Å². The van der Waals surface area contributed by atoms with Crippen molar-refractivity contribution in [2.75, 3.05) is 13.7 Å². The van der Waals surface area contributed by atoms with Crippen LogP contribution in [0.3, 0.4) is 0 Å². The normalized spacial score (nSPS) is 14.8. The molecule has 3 aromatic carbocycles. The fourth-order valence-corrected chi connectivity index (χ4v) is 7.72. The lowest BCUT2D eigenvalue weighted by atomic mass is 9.94. The van der Waals surface area contributed by atoms with Gasteiger partial charge in [-0.1, -0.05) is 72.7 Å². The first-order chi connectivity index (χ1) is 22.2. The molecule has 0 aliphatic carbocycles. The van der Waals surface area contributed by atoms with E-state index in [1.165, 1.54) is 11.3 Å². The van der Waals surface area contributed by atoms with Gasteiger partial charge in [0, 0.05) is 33.7 Å². The SMILES string of the molecule is CCCC1=C(C(=O)OCC)[C@@H](c2ccc(OC)c(Br)c2)n2c(s/c(=C\c3c(C)n(Cc4ccc(Cl)cc4)c4ccccc34)c2=O)=N1. The van der Waals surface area contributed by atoms with E-state index >= 15 is 0 Å². The monoisotopic (exact) mass is 717 g/mol. The lowest BCUT2D eigenvalue weighted by Crippen LogP contribution is -2.40. The van der Waals surface area contributed by atoms with Crippen molar-refractivity contribution in [1.82, 2.24) is 9.13 Å². The molecule has 0 amide bonds. The molecule has 0 saturated heterocycles. The summed E-state index contributed by atoms with van der Waals surface area (Å²) < 4.78 is 16.2. The van der Waals surface area contributed by atoms with Crippen LogP contribution in [0.1, 0.15) is 55.1 Å². The van der Waals surface area contributed by atoms with Gasteiger partial charge in [0.25, 0.3) is 5.56 Å². The van der Waals surface area contributed by atoms with E-state index in [1.54, 1.807) is 18.6 Å². The predicted molar refractivity (Wildman–Crippen MR) is 188 cm³/mol. The maximum Gasteiger partial charge on any atom is 0.338 e. The van der Waals surface area contributed by atoms with Crippen LogP contribution < -0.4 is 19.6 Å². The molecule has 0 N–H and O–H groups in total. The van der Waals surface area contributed by atoms with E-state index in [-0.39, 0.29) is 12.2 Å². The molecule has 46 heavy (non-hydrogen) atoms. The molecule has 236 valence electrons. The van der Waals surface area contributed by atoms with Crippen LogP contribution in [-0.4, -0.2) is 28.8 Å². The van der Waals surface area contributed by atoms with Gasteiger partial charge in [0.1, 0.15) is 5.75 Å². The largest absolute Gasteiger partial charge is 0.496 e. The second-order valence-electron chi connectivity index (χ2n) is 11.0. The zero-order chi connectivity index (χ0) is 32.5. The van der Waals surface area contributed by atoms with Gasteiger partial charge >= 0.3 is 5.97 Å². The summed E-state index contributed by atoms with van der Waals surface area (Å²) in [5.74, 6) is 0.180. The molecule has 0 radical (unpaired) electrons. The molecule has 0 bridgehead atoms. The van der Waals surface area contributed by atoms with Crippen LogP contribution in [0.15, 0.2) is 92.3 Å². The Bertz CT molecular complexity index is 2180. The number of methoxy groups -OCH3 is 1. The Morgan fingerprint density at radius 1 is 1.11 bits per heavy atom. The summed E-state index contributed by atoms with van der Waals surface area (Å²) in [7, 11) is 1.60. The summed E-state index contributed by atoms with van der Waals surface area (Å²) in [4.78, 5) is 33.4. The number of ether oxygens (including phenoxy) is 2. The van der Waals surface area contributed by atoms with Crippen LogP contribution in [0.5, 0.6) is 5.75 Å². The molecule has 0 unspecified atom stereocenters. The van der Waals surface area contributed by atoms with E-state index in [1.807, 2.05) is 67.6 Å². The molecule has 6 rings (SSSR count). The van der Waals surface area contributed by atoms with Gasteiger partial charge in [-0.3, -0.25) is 9.36 Å². The minimum Gasteiger partial charge on any atom is -0.496 e. The molecule has 0 saturated carbocycles. The molecular formula is C36H33BrClN3O4S. The standard InChI is InChI=1S/C36H33BrClN3O4S/c1-5-9-28-32(35(43)45-6-2)33(23-14-17-30(44-4)27(37)18-23)41-34(42)31(46-36(41)39-28)19-26-21(3)40(29-11-8-7-10-25(26)29)20-22-12-15-24(38)16-13-22/h7-8,10-19,33H,5-6,9,20H2,1-4H3/b31-19-/t33-/m1/s1. The van der Waals surface area contributed by atoms with Crippen molar-refractivity contribution in [3.8, 4) is 5.75 Å². The lowest BCUT2D eigenvalue weighted by molar-refractivity contribution is -0.139. The van der Waals surface area contributed by atoms with Gasteiger partial charge < -0.3 is 14.0 Å². The number of carbonyl (C=O) groups excluding carboxylic acids is 1. The molecule has 0 fully saturated rings. The minimum atomic E-state index is -0.714. The number of hydrogen-bond acceptors (Lipinski definition) is 6. The number of fused-ring (bicyclic) bond motifs is 2. The zero-order valence-corrected chi connectivity index (χ0v) is 29.1. The predicted octanol–water partition coefficient (Wildman–Crippen LogP) is 7.31. The number of esters is 1. The summed E-state index contributed by atoms with van der Waals surface area (Å²) in [5.41, 5.74) is 5.77. The van der Waals surface area contributed by atoms with Gasteiger partial charge in [-0.25, -0.2) is 9.79 Å². The Kier molecular flexibility index (Phi) is 9.36. The average Bonchev–Trinajstić information content (AvgIpc) is 3.50. The number of nitrogens with zero attached hydrogens (tertiary/aromatic N) is 3. The fourth-order valence-electron chi connectivity index (χ4n) is 6.04. The number of benzene rings is 3. The maximum atomic E-state index is 14.4. The number of aromatic nitrogens is 2. The van der Waals surface area contributed by atoms with Crippen LogP contribution >= 0.6 is 38.9 Å². The van der Waals surface area contributed by atoms with Gasteiger partial charge in [-0.05, 0) is 83.7 Å². The Morgan fingerprint density at radius 3 is 2.57 bits per heavy atom. The zero-order valence-electron chi connectivity index (χ0n) is 26.0. The molecule has 1 atom stereocenters. The van der Waals surface area contributed by atoms with E-state index in [4.69, 9.17) is 26.1 Å². The highest BCUT2D eigenvalue weighted by Crippen LogP contribution is 2.36. The number of para-hydroxylation sites is 1. The maximum absolute atomic E-state index is 14.4. The quantitative estimate of drug-likeness (QED) is 0.150. The molecule has 3 heterocycles. The first kappa shape index (κ1) is 32.0. The summed E-state index contributed by atoms with van der Waals surface area (Å²) >= 11 is 11.1. The Morgan fingerprint density at radius 2 is 1.87 bits per heavy atom. The third-order valence-electron chi connectivity index (χ3n) is 8.19. The highest BCUT2D eigenvalue weighted by atomic mass is 79.9. The van der Waals surface area contributed by atoms with E-state index in [0.717, 1.165) is 44.2 Å². The Hall–Kier alpha value is -3.92. The van der Waals surface area contributed by atoms with Crippen molar-refractivity contribution < 1.29 is 14.3 Å². The van der Waals surface area contributed by atoms with Crippen LogP contribution in [0.4, 0.5) is 0 Å². The van der Waals surface area contributed by atoms with Crippen LogP contribution in [0.2, 0.25) is 5.02 Å². The van der Waals surface area contributed by atoms with Crippen molar-refractivity contribution in [1.29, 1.82) is 0 Å². The Labute approximate surface area is 284 Å². The summed E-state index contributed by atoms with van der Waals surface area (Å²) in [6.07, 6.45) is 3.32. The second-order valence-corrected chi connectivity index (χ2v) is 13.3. The van der Waals surface area contributed by atoms with Gasteiger partial charge in [0.15, 0.2) is 4.80 Å². The van der Waals surface area contributed by atoms with Gasteiger partial charge in [-0.15, -0.1) is 0 Å². The molecule has 1 aliphatic heterocycles. The van der Waals surface area contributed by atoms with Crippen molar-refractivity contribution in [3.63, 3.8) is 0 Å². The summed E-state index contributed by atoms with van der Waals surface area (Å²) in [5, 5.41) is 1.75. The minimum absolute atomic E-state index is 0.213. The third kappa shape index (κ3) is 5.87. The number of rotatable bonds is 9. The number of thiazole rings is 1. The highest BCUT2D eigenvalue weighted by Gasteiger charge is 2.34. The first-order valence-corrected chi connectivity index (χ1v) is 17.1. The van der Waals surface area contributed by atoms with Crippen molar-refractivity contribution in [2.24, 2.45) is 4.99 Å². The molecular weight excluding hydrogens is 686 g/mol.